The molecule has 1 fully saturated rings. The number of anilines is 1. The SMILES string of the molecule is CCC1CCN(c2ccc(CC(C)N)cc2F)CC1. The first-order chi connectivity index (χ1) is 9.10. The molecule has 19 heavy (non-hydrogen) atoms. The van der Waals surface area contributed by atoms with E-state index in [1.54, 1.807) is 6.07 Å². The van der Waals surface area contributed by atoms with Crippen molar-refractivity contribution in [1.82, 2.24) is 0 Å². The van der Waals surface area contributed by atoms with Gasteiger partial charge in [-0.1, -0.05) is 19.4 Å². The zero-order valence-electron chi connectivity index (χ0n) is 12.0. The summed E-state index contributed by atoms with van der Waals surface area (Å²) in [6.07, 6.45) is 4.33. The number of piperidine rings is 1. The van der Waals surface area contributed by atoms with E-state index >= 15 is 0 Å². The summed E-state index contributed by atoms with van der Waals surface area (Å²) in [6.45, 7) is 6.13. The molecular formula is C16H25FN2. The van der Waals surface area contributed by atoms with Crippen molar-refractivity contribution in [2.45, 2.75) is 45.6 Å². The van der Waals surface area contributed by atoms with Crippen LogP contribution in [0.25, 0.3) is 0 Å². The lowest BCUT2D eigenvalue weighted by molar-refractivity contribution is 0.392. The molecule has 0 aliphatic carbocycles. The molecule has 2 rings (SSSR count). The van der Waals surface area contributed by atoms with Gasteiger partial charge >= 0.3 is 0 Å². The Hall–Kier alpha value is -1.09. The first kappa shape index (κ1) is 14.3. The van der Waals surface area contributed by atoms with Crippen molar-refractivity contribution < 1.29 is 4.39 Å². The van der Waals surface area contributed by atoms with Crippen LogP contribution in [-0.4, -0.2) is 19.1 Å². The van der Waals surface area contributed by atoms with E-state index in [1.165, 1.54) is 19.3 Å². The zero-order chi connectivity index (χ0) is 13.8. The number of halogens is 1. The van der Waals surface area contributed by atoms with E-state index in [4.69, 9.17) is 5.73 Å². The zero-order valence-corrected chi connectivity index (χ0v) is 12.0. The van der Waals surface area contributed by atoms with Gasteiger partial charge in [0.1, 0.15) is 5.82 Å². The Kier molecular flexibility index (Phi) is 4.81. The van der Waals surface area contributed by atoms with Crippen LogP contribution in [0.1, 0.15) is 38.7 Å². The maximum absolute atomic E-state index is 14.2. The molecule has 0 spiro atoms. The molecule has 1 unspecified atom stereocenters. The molecule has 106 valence electrons. The van der Waals surface area contributed by atoms with Crippen molar-refractivity contribution in [3.8, 4) is 0 Å². The first-order valence-corrected chi connectivity index (χ1v) is 7.39. The molecular weight excluding hydrogens is 239 g/mol. The Balaban J connectivity index is 2.05. The van der Waals surface area contributed by atoms with Crippen molar-refractivity contribution in [3.63, 3.8) is 0 Å². The summed E-state index contributed by atoms with van der Waals surface area (Å²) in [5, 5.41) is 0. The number of nitrogens with zero attached hydrogens (tertiary/aromatic N) is 1. The van der Waals surface area contributed by atoms with Gasteiger partial charge in [-0.25, -0.2) is 4.39 Å². The number of rotatable bonds is 4. The lowest BCUT2D eigenvalue weighted by Gasteiger charge is -2.33. The Morgan fingerprint density at radius 1 is 1.37 bits per heavy atom. The fraction of sp³-hybridized carbons (Fsp3) is 0.625. The predicted molar refractivity (Wildman–Crippen MR) is 79.0 cm³/mol. The second-order valence-electron chi connectivity index (χ2n) is 5.81. The van der Waals surface area contributed by atoms with E-state index in [2.05, 4.69) is 11.8 Å². The highest BCUT2D eigenvalue weighted by Gasteiger charge is 2.20. The first-order valence-electron chi connectivity index (χ1n) is 7.39. The van der Waals surface area contributed by atoms with E-state index in [1.807, 2.05) is 19.1 Å². The molecule has 1 heterocycles. The van der Waals surface area contributed by atoms with E-state index in [0.717, 1.165) is 36.7 Å². The van der Waals surface area contributed by atoms with E-state index < -0.39 is 0 Å². The van der Waals surface area contributed by atoms with Gasteiger partial charge in [0, 0.05) is 19.1 Å². The number of nitrogens with two attached hydrogens (primary N) is 1. The van der Waals surface area contributed by atoms with Crippen LogP contribution in [0.3, 0.4) is 0 Å². The highest BCUT2D eigenvalue weighted by molar-refractivity contribution is 5.49. The lowest BCUT2D eigenvalue weighted by atomic mass is 9.94. The average Bonchev–Trinajstić information content (AvgIpc) is 2.38. The summed E-state index contributed by atoms with van der Waals surface area (Å²) in [7, 11) is 0. The Morgan fingerprint density at radius 2 is 2.05 bits per heavy atom. The summed E-state index contributed by atoms with van der Waals surface area (Å²) in [5.41, 5.74) is 7.49. The van der Waals surface area contributed by atoms with Gasteiger partial charge in [-0.05, 0) is 49.8 Å². The van der Waals surface area contributed by atoms with Crippen LogP contribution in [0.4, 0.5) is 10.1 Å². The molecule has 0 aromatic heterocycles. The quantitative estimate of drug-likeness (QED) is 0.903. The molecule has 0 amide bonds. The summed E-state index contributed by atoms with van der Waals surface area (Å²) in [6, 6.07) is 5.64. The van der Waals surface area contributed by atoms with Crippen LogP contribution in [0.15, 0.2) is 18.2 Å². The van der Waals surface area contributed by atoms with Crippen molar-refractivity contribution in [1.29, 1.82) is 0 Å². The van der Waals surface area contributed by atoms with Gasteiger partial charge in [0.25, 0.3) is 0 Å². The summed E-state index contributed by atoms with van der Waals surface area (Å²) in [4.78, 5) is 2.18. The van der Waals surface area contributed by atoms with Crippen LogP contribution >= 0.6 is 0 Å². The van der Waals surface area contributed by atoms with Crippen LogP contribution in [0.2, 0.25) is 0 Å². The van der Waals surface area contributed by atoms with Gasteiger partial charge in [-0.3, -0.25) is 0 Å². The van der Waals surface area contributed by atoms with Crippen molar-refractivity contribution in [2.75, 3.05) is 18.0 Å². The third kappa shape index (κ3) is 3.69. The molecule has 2 N–H and O–H groups in total. The maximum Gasteiger partial charge on any atom is 0.146 e. The molecule has 1 aromatic carbocycles. The molecule has 0 saturated carbocycles. The summed E-state index contributed by atoms with van der Waals surface area (Å²) in [5.74, 6) is 0.713. The monoisotopic (exact) mass is 264 g/mol. The molecule has 1 saturated heterocycles. The molecule has 1 aromatic rings. The summed E-state index contributed by atoms with van der Waals surface area (Å²) >= 11 is 0. The predicted octanol–water partition coefficient (Wildman–Crippen LogP) is 3.34. The molecule has 1 aliphatic heterocycles. The van der Waals surface area contributed by atoms with Gasteiger partial charge < -0.3 is 10.6 Å². The minimum atomic E-state index is -0.104. The fourth-order valence-corrected chi connectivity index (χ4v) is 2.89. The van der Waals surface area contributed by atoms with Crippen LogP contribution in [-0.2, 0) is 6.42 Å². The lowest BCUT2D eigenvalue weighted by Crippen LogP contribution is -2.34. The van der Waals surface area contributed by atoms with Crippen LogP contribution in [0, 0.1) is 11.7 Å². The topological polar surface area (TPSA) is 29.3 Å². The van der Waals surface area contributed by atoms with Crippen molar-refractivity contribution >= 4 is 5.69 Å². The average molecular weight is 264 g/mol. The Bertz CT molecular complexity index is 409. The third-order valence-electron chi connectivity index (χ3n) is 4.10. The maximum atomic E-state index is 14.2. The molecule has 3 heteroatoms. The largest absolute Gasteiger partial charge is 0.369 e. The van der Waals surface area contributed by atoms with Gasteiger partial charge in [-0.15, -0.1) is 0 Å². The standard InChI is InChI=1S/C16H25FN2/c1-3-13-6-8-19(9-7-13)16-5-4-14(10-12(2)18)11-15(16)17/h4-5,11-13H,3,6-10,18H2,1-2H3. The van der Waals surface area contributed by atoms with Gasteiger partial charge in [0.15, 0.2) is 0 Å². The van der Waals surface area contributed by atoms with Crippen LogP contribution < -0.4 is 10.6 Å². The summed E-state index contributed by atoms with van der Waals surface area (Å²) < 4.78 is 14.2. The number of hydrogen-bond donors (Lipinski definition) is 1. The minimum absolute atomic E-state index is 0.0746. The van der Waals surface area contributed by atoms with Crippen molar-refractivity contribution in [3.05, 3.63) is 29.6 Å². The molecule has 1 aliphatic rings. The van der Waals surface area contributed by atoms with Crippen molar-refractivity contribution in [2.24, 2.45) is 11.7 Å². The third-order valence-corrected chi connectivity index (χ3v) is 4.10. The fourth-order valence-electron chi connectivity index (χ4n) is 2.89. The minimum Gasteiger partial charge on any atom is -0.369 e. The second-order valence-corrected chi connectivity index (χ2v) is 5.81. The second kappa shape index (κ2) is 6.38. The van der Waals surface area contributed by atoms with Gasteiger partial charge in [0.2, 0.25) is 0 Å². The van der Waals surface area contributed by atoms with Gasteiger partial charge in [0.05, 0.1) is 5.69 Å². The van der Waals surface area contributed by atoms with Gasteiger partial charge in [-0.2, -0.15) is 0 Å². The molecule has 1 atom stereocenters. The van der Waals surface area contributed by atoms with E-state index in [9.17, 15) is 4.39 Å². The molecule has 0 bridgehead atoms. The molecule has 0 radical (unpaired) electrons. The number of hydrogen-bond acceptors (Lipinski definition) is 2. The van der Waals surface area contributed by atoms with E-state index in [0.29, 0.717) is 0 Å². The molecule has 2 nitrogen and oxygen atoms in total. The Morgan fingerprint density at radius 3 is 2.58 bits per heavy atom. The smallest absolute Gasteiger partial charge is 0.146 e. The van der Waals surface area contributed by atoms with Crippen LogP contribution in [0.5, 0.6) is 0 Å². The number of benzene rings is 1. The normalized spacial score (nSPS) is 18.6. The highest BCUT2D eigenvalue weighted by atomic mass is 19.1. The Labute approximate surface area is 115 Å². The highest BCUT2D eigenvalue weighted by Crippen LogP contribution is 2.27. The van der Waals surface area contributed by atoms with E-state index in [-0.39, 0.29) is 11.9 Å².